The number of halogens is 1. The molecule has 0 spiro atoms. The molecule has 3 aromatic carbocycles. The molecular formula is C23H24FN3O3S. The van der Waals surface area contributed by atoms with Crippen molar-refractivity contribution in [3.8, 4) is 0 Å². The number of benzene rings is 3. The van der Waals surface area contributed by atoms with Crippen LogP contribution in [0, 0.1) is 5.82 Å². The first-order chi connectivity index (χ1) is 14.8. The molecule has 3 aromatic rings. The summed E-state index contributed by atoms with van der Waals surface area (Å²) in [5, 5.41) is 2.80. The normalized spacial score (nSPS) is 11.1. The molecular weight excluding hydrogens is 417 g/mol. The SMILES string of the molecule is CN(CCNC(=O)c1cccc(S(=O)(=O)N(C)c2ccccc2F)c1)c1ccccc1. The molecule has 0 radical (unpaired) electrons. The Labute approximate surface area is 182 Å². The molecule has 0 aliphatic carbocycles. The Balaban J connectivity index is 1.69. The lowest BCUT2D eigenvalue weighted by Crippen LogP contribution is -2.33. The van der Waals surface area contributed by atoms with E-state index in [9.17, 15) is 17.6 Å². The highest BCUT2D eigenvalue weighted by Gasteiger charge is 2.24. The molecule has 3 rings (SSSR count). The summed E-state index contributed by atoms with van der Waals surface area (Å²) in [5.74, 6) is -1.03. The maximum atomic E-state index is 14.0. The molecule has 0 atom stereocenters. The van der Waals surface area contributed by atoms with Crippen molar-refractivity contribution in [1.29, 1.82) is 0 Å². The van der Waals surface area contributed by atoms with E-state index in [-0.39, 0.29) is 22.1 Å². The van der Waals surface area contributed by atoms with Gasteiger partial charge in [-0.05, 0) is 42.5 Å². The molecule has 0 saturated carbocycles. The van der Waals surface area contributed by atoms with Gasteiger partial charge in [-0.1, -0.05) is 36.4 Å². The summed E-state index contributed by atoms with van der Waals surface area (Å²) >= 11 is 0. The third-order valence-electron chi connectivity index (χ3n) is 4.88. The molecule has 0 bridgehead atoms. The Hall–Kier alpha value is -3.39. The van der Waals surface area contributed by atoms with E-state index in [0.717, 1.165) is 9.99 Å². The number of anilines is 2. The number of rotatable bonds is 8. The van der Waals surface area contributed by atoms with Gasteiger partial charge in [0, 0.05) is 38.4 Å². The van der Waals surface area contributed by atoms with Crippen LogP contribution in [0.3, 0.4) is 0 Å². The van der Waals surface area contributed by atoms with Gasteiger partial charge in [-0.25, -0.2) is 12.8 Å². The van der Waals surface area contributed by atoms with Gasteiger partial charge in [0.15, 0.2) is 0 Å². The van der Waals surface area contributed by atoms with Crippen LogP contribution in [0.25, 0.3) is 0 Å². The van der Waals surface area contributed by atoms with Crippen LogP contribution in [0.5, 0.6) is 0 Å². The third-order valence-corrected chi connectivity index (χ3v) is 6.64. The molecule has 0 aliphatic rings. The molecule has 0 fully saturated rings. The lowest BCUT2D eigenvalue weighted by molar-refractivity contribution is 0.0954. The average molecular weight is 442 g/mol. The number of para-hydroxylation sites is 2. The van der Waals surface area contributed by atoms with Gasteiger partial charge in [0.05, 0.1) is 10.6 Å². The highest BCUT2D eigenvalue weighted by Crippen LogP contribution is 2.25. The first-order valence-corrected chi connectivity index (χ1v) is 11.1. The molecule has 8 heteroatoms. The Morgan fingerprint density at radius 1 is 0.935 bits per heavy atom. The van der Waals surface area contributed by atoms with Gasteiger partial charge >= 0.3 is 0 Å². The predicted octanol–water partition coefficient (Wildman–Crippen LogP) is 3.52. The Kier molecular flexibility index (Phi) is 6.91. The number of likely N-dealkylation sites (N-methyl/N-ethyl adjacent to an activating group) is 1. The molecule has 162 valence electrons. The largest absolute Gasteiger partial charge is 0.373 e. The fourth-order valence-corrected chi connectivity index (χ4v) is 4.29. The van der Waals surface area contributed by atoms with Gasteiger partial charge in [-0.2, -0.15) is 0 Å². The molecule has 1 amide bonds. The first-order valence-electron chi connectivity index (χ1n) is 9.68. The average Bonchev–Trinajstić information content (AvgIpc) is 2.79. The molecule has 0 aromatic heterocycles. The lowest BCUT2D eigenvalue weighted by atomic mass is 10.2. The third kappa shape index (κ3) is 5.21. The topological polar surface area (TPSA) is 69.7 Å². The summed E-state index contributed by atoms with van der Waals surface area (Å²) in [6, 6.07) is 21.1. The fourth-order valence-electron chi connectivity index (χ4n) is 3.04. The molecule has 0 unspecified atom stereocenters. The summed E-state index contributed by atoms with van der Waals surface area (Å²) in [5.41, 5.74) is 1.17. The van der Waals surface area contributed by atoms with Crippen molar-refractivity contribution in [3.63, 3.8) is 0 Å². The monoisotopic (exact) mass is 441 g/mol. The summed E-state index contributed by atoms with van der Waals surface area (Å²) in [6.45, 7) is 0.972. The van der Waals surface area contributed by atoms with E-state index in [1.165, 1.54) is 43.4 Å². The molecule has 31 heavy (non-hydrogen) atoms. The van der Waals surface area contributed by atoms with Gasteiger partial charge in [0.2, 0.25) is 0 Å². The standard InChI is InChI=1S/C23H24FN3O3S/c1-26(19-10-4-3-5-11-19)16-15-25-23(28)18-9-8-12-20(17-18)31(29,30)27(2)22-14-7-6-13-21(22)24/h3-14,17H,15-16H2,1-2H3,(H,25,28). The predicted molar refractivity (Wildman–Crippen MR) is 120 cm³/mol. The maximum Gasteiger partial charge on any atom is 0.264 e. The Morgan fingerprint density at radius 3 is 2.32 bits per heavy atom. The van der Waals surface area contributed by atoms with E-state index in [4.69, 9.17) is 0 Å². The zero-order valence-electron chi connectivity index (χ0n) is 17.3. The summed E-state index contributed by atoms with van der Waals surface area (Å²) in [4.78, 5) is 14.5. The van der Waals surface area contributed by atoms with E-state index < -0.39 is 15.8 Å². The Morgan fingerprint density at radius 2 is 1.61 bits per heavy atom. The van der Waals surface area contributed by atoms with Crippen LogP contribution in [-0.2, 0) is 10.0 Å². The summed E-state index contributed by atoms with van der Waals surface area (Å²) < 4.78 is 40.8. The van der Waals surface area contributed by atoms with E-state index in [0.29, 0.717) is 13.1 Å². The number of carbonyl (C=O) groups excluding carboxylic acids is 1. The highest BCUT2D eigenvalue weighted by atomic mass is 32.2. The van der Waals surface area contributed by atoms with E-state index in [1.807, 2.05) is 42.3 Å². The smallest absolute Gasteiger partial charge is 0.264 e. The highest BCUT2D eigenvalue weighted by molar-refractivity contribution is 7.92. The van der Waals surface area contributed by atoms with Gasteiger partial charge < -0.3 is 10.2 Å². The summed E-state index contributed by atoms with van der Waals surface area (Å²) in [6.07, 6.45) is 0. The van der Waals surface area contributed by atoms with Crippen LogP contribution in [0.1, 0.15) is 10.4 Å². The number of carbonyl (C=O) groups is 1. The molecule has 0 saturated heterocycles. The van der Waals surface area contributed by atoms with Crippen molar-refractivity contribution in [1.82, 2.24) is 5.32 Å². The fraction of sp³-hybridized carbons (Fsp3) is 0.174. The molecule has 0 heterocycles. The summed E-state index contributed by atoms with van der Waals surface area (Å²) in [7, 11) is -0.834. The van der Waals surface area contributed by atoms with Crippen molar-refractivity contribution in [2.75, 3.05) is 36.4 Å². The van der Waals surface area contributed by atoms with Crippen LogP contribution in [0.4, 0.5) is 15.8 Å². The molecule has 0 aliphatic heterocycles. The molecule has 1 N–H and O–H groups in total. The van der Waals surface area contributed by atoms with Crippen LogP contribution in [-0.4, -0.2) is 41.5 Å². The van der Waals surface area contributed by atoms with Crippen LogP contribution in [0.15, 0.2) is 83.8 Å². The van der Waals surface area contributed by atoms with Gasteiger partial charge in [0.25, 0.3) is 15.9 Å². The van der Waals surface area contributed by atoms with Crippen LogP contribution < -0.4 is 14.5 Å². The zero-order chi connectivity index (χ0) is 22.4. The number of nitrogens with zero attached hydrogens (tertiary/aromatic N) is 2. The lowest BCUT2D eigenvalue weighted by Gasteiger charge is -2.20. The van der Waals surface area contributed by atoms with E-state index in [2.05, 4.69) is 5.32 Å². The molecule has 6 nitrogen and oxygen atoms in total. The minimum absolute atomic E-state index is 0.0682. The van der Waals surface area contributed by atoms with Crippen molar-refractivity contribution in [3.05, 3.63) is 90.2 Å². The van der Waals surface area contributed by atoms with Crippen molar-refractivity contribution in [2.45, 2.75) is 4.90 Å². The maximum absolute atomic E-state index is 14.0. The van der Waals surface area contributed by atoms with Gasteiger partial charge in [-0.15, -0.1) is 0 Å². The number of amides is 1. The van der Waals surface area contributed by atoms with Gasteiger partial charge in [-0.3, -0.25) is 9.10 Å². The van der Waals surface area contributed by atoms with Crippen molar-refractivity contribution in [2.24, 2.45) is 0 Å². The van der Waals surface area contributed by atoms with Crippen molar-refractivity contribution >= 4 is 27.3 Å². The minimum atomic E-state index is -4.04. The quantitative estimate of drug-likeness (QED) is 0.581. The van der Waals surface area contributed by atoms with Crippen molar-refractivity contribution < 1.29 is 17.6 Å². The van der Waals surface area contributed by atoms with Crippen LogP contribution in [0.2, 0.25) is 0 Å². The Bertz CT molecular complexity index is 1150. The number of hydrogen-bond acceptors (Lipinski definition) is 4. The zero-order valence-corrected chi connectivity index (χ0v) is 18.1. The van der Waals surface area contributed by atoms with Crippen LogP contribution >= 0.6 is 0 Å². The van der Waals surface area contributed by atoms with Gasteiger partial charge in [0.1, 0.15) is 5.82 Å². The second-order valence-corrected chi connectivity index (χ2v) is 8.93. The second kappa shape index (κ2) is 9.61. The van der Waals surface area contributed by atoms with E-state index in [1.54, 1.807) is 12.1 Å². The minimum Gasteiger partial charge on any atom is -0.373 e. The van der Waals surface area contributed by atoms with E-state index >= 15 is 0 Å². The first kappa shape index (κ1) is 22.3. The number of hydrogen-bond donors (Lipinski definition) is 1. The number of nitrogens with one attached hydrogen (secondary N) is 1. The second-order valence-electron chi connectivity index (χ2n) is 6.96. The number of sulfonamides is 1.